The monoisotopic (exact) mass is 450 g/mol. The van der Waals surface area contributed by atoms with Crippen LogP contribution in [0.5, 0.6) is 0 Å². The number of carbonyl (C=O) groups is 1. The Morgan fingerprint density at radius 2 is 2.00 bits per heavy atom. The van der Waals surface area contributed by atoms with Crippen molar-refractivity contribution in [1.82, 2.24) is 4.57 Å². The van der Waals surface area contributed by atoms with Crippen molar-refractivity contribution in [3.8, 4) is 0 Å². The van der Waals surface area contributed by atoms with Crippen LogP contribution in [0.4, 0.5) is 0 Å². The molecule has 0 bridgehead atoms. The van der Waals surface area contributed by atoms with Gasteiger partial charge in [-0.25, -0.2) is 0 Å². The lowest BCUT2D eigenvalue weighted by Crippen LogP contribution is -2.23. The molecular weight excluding hydrogens is 439 g/mol. The van der Waals surface area contributed by atoms with Crippen LogP contribution in [0.3, 0.4) is 0 Å². The molecule has 11 heteroatoms. The highest BCUT2D eigenvalue weighted by molar-refractivity contribution is 7.92. The fourth-order valence-corrected chi connectivity index (χ4v) is 6.16. The molecule has 3 aromatic rings. The Morgan fingerprint density at radius 3 is 2.65 bits per heavy atom. The molecule has 0 N–H and O–H groups in total. The van der Waals surface area contributed by atoms with E-state index in [2.05, 4.69) is 4.40 Å². The minimum atomic E-state index is -3.96. The topological polar surface area (TPSA) is 77.7 Å². The zero-order chi connectivity index (χ0) is 18.9. The Morgan fingerprint density at radius 1 is 1.23 bits per heavy atom. The molecule has 2 aromatic heterocycles. The SMILES string of the molecule is CCOC(=O)Cn1/c(=N/S(=O)(=O)c2ccc(Cl)s2)sc2cc(Cl)ccc21. The van der Waals surface area contributed by atoms with Crippen LogP contribution >= 0.6 is 45.9 Å². The summed E-state index contributed by atoms with van der Waals surface area (Å²) in [4.78, 5) is 12.1. The Labute approximate surface area is 167 Å². The van der Waals surface area contributed by atoms with Crippen molar-refractivity contribution in [3.63, 3.8) is 0 Å². The smallest absolute Gasteiger partial charge is 0.326 e. The number of aromatic nitrogens is 1. The van der Waals surface area contributed by atoms with Crippen LogP contribution in [0.25, 0.3) is 10.2 Å². The maximum atomic E-state index is 12.6. The molecule has 0 radical (unpaired) electrons. The molecule has 3 rings (SSSR count). The number of carbonyl (C=O) groups excluding carboxylic acids is 1. The van der Waals surface area contributed by atoms with Crippen molar-refractivity contribution in [3.05, 3.63) is 44.5 Å². The molecule has 6 nitrogen and oxygen atoms in total. The minimum absolute atomic E-state index is 0.0284. The van der Waals surface area contributed by atoms with E-state index >= 15 is 0 Å². The molecule has 0 unspecified atom stereocenters. The first-order valence-corrected chi connectivity index (χ1v) is 11.1. The largest absolute Gasteiger partial charge is 0.465 e. The van der Waals surface area contributed by atoms with Crippen molar-refractivity contribution in [2.24, 2.45) is 4.40 Å². The second-order valence-electron chi connectivity index (χ2n) is 5.01. The lowest BCUT2D eigenvalue weighted by atomic mass is 10.3. The van der Waals surface area contributed by atoms with Gasteiger partial charge in [0, 0.05) is 5.02 Å². The molecule has 0 saturated heterocycles. The van der Waals surface area contributed by atoms with Crippen molar-refractivity contribution in [1.29, 1.82) is 0 Å². The van der Waals surface area contributed by atoms with Crippen LogP contribution < -0.4 is 4.80 Å². The summed E-state index contributed by atoms with van der Waals surface area (Å²) in [6.07, 6.45) is 0. The van der Waals surface area contributed by atoms with Crippen molar-refractivity contribution >= 4 is 72.1 Å². The van der Waals surface area contributed by atoms with Gasteiger partial charge < -0.3 is 9.30 Å². The highest BCUT2D eigenvalue weighted by atomic mass is 35.5. The summed E-state index contributed by atoms with van der Waals surface area (Å²) in [5.41, 5.74) is 0.644. The van der Waals surface area contributed by atoms with E-state index in [4.69, 9.17) is 27.9 Å². The summed E-state index contributed by atoms with van der Waals surface area (Å²) in [6.45, 7) is 1.77. The third-order valence-corrected chi connectivity index (χ3v) is 7.60. The third-order valence-electron chi connectivity index (χ3n) is 3.24. The van der Waals surface area contributed by atoms with Crippen LogP contribution in [0.15, 0.2) is 38.9 Å². The molecule has 0 amide bonds. The van der Waals surface area contributed by atoms with Crippen molar-refractivity contribution in [2.45, 2.75) is 17.7 Å². The summed E-state index contributed by atoms with van der Waals surface area (Å²) in [6, 6.07) is 7.95. The van der Waals surface area contributed by atoms with E-state index in [-0.39, 0.29) is 22.2 Å². The molecular formula is C15H12Cl2N2O4S3. The van der Waals surface area contributed by atoms with Gasteiger partial charge in [0.1, 0.15) is 10.8 Å². The molecule has 0 aliphatic rings. The van der Waals surface area contributed by atoms with Crippen LogP contribution in [-0.2, 0) is 26.1 Å². The van der Waals surface area contributed by atoms with Gasteiger partial charge >= 0.3 is 5.97 Å². The molecule has 1 aromatic carbocycles. The zero-order valence-corrected chi connectivity index (χ0v) is 17.3. The Hall–Kier alpha value is -1.39. The number of ether oxygens (including phenoxy) is 1. The number of sulfonamides is 1. The second kappa shape index (κ2) is 7.69. The van der Waals surface area contributed by atoms with Gasteiger partial charge in [-0.3, -0.25) is 4.79 Å². The molecule has 26 heavy (non-hydrogen) atoms. The van der Waals surface area contributed by atoms with Gasteiger partial charge in [0.15, 0.2) is 0 Å². The number of hydrogen-bond acceptors (Lipinski definition) is 6. The van der Waals surface area contributed by atoms with Gasteiger partial charge in [-0.15, -0.1) is 15.7 Å². The normalized spacial score (nSPS) is 12.7. The molecule has 0 aliphatic heterocycles. The van der Waals surface area contributed by atoms with Crippen molar-refractivity contribution in [2.75, 3.05) is 6.61 Å². The Balaban J connectivity index is 2.19. The average Bonchev–Trinajstić information content (AvgIpc) is 3.12. The second-order valence-corrected chi connectivity index (χ2v) is 10.0. The number of esters is 1. The van der Waals surface area contributed by atoms with E-state index in [0.29, 0.717) is 19.6 Å². The molecule has 0 fully saturated rings. The molecule has 0 saturated carbocycles. The summed E-state index contributed by atoms with van der Waals surface area (Å²) in [7, 11) is -3.96. The van der Waals surface area contributed by atoms with E-state index in [1.807, 2.05) is 0 Å². The third kappa shape index (κ3) is 4.12. The lowest BCUT2D eigenvalue weighted by molar-refractivity contribution is -0.143. The van der Waals surface area contributed by atoms with Gasteiger partial charge in [0.25, 0.3) is 10.0 Å². The van der Waals surface area contributed by atoms with Gasteiger partial charge in [0.05, 0.1) is 21.2 Å². The van der Waals surface area contributed by atoms with Crippen LogP contribution in [0.1, 0.15) is 6.92 Å². The maximum absolute atomic E-state index is 12.6. The number of thiophene rings is 1. The first-order valence-electron chi connectivity index (χ1n) is 7.31. The predicted molar refractivity (Wildman–Crippen MR) is 104 cm³/mol. The molecule has 0 atom stereocenters. The van der Waals surface area contributed by atoms with Gasteiger partial charge in [-0.2, -0.15) is 8.42 Å². The number of hydrogen-bond donors (Lipinski definition) is 0. The summed E-state index contributed by atoms with van der Waals surface area (Å²) < 4.78 is 36.6. The van der Waals surface area contributed by atoms with Crippen LogP contribution in [0.2, 0.25) is 9.36 Å². The summed E-state index contributed by atoms with van der Waals surface area (Å²) >= 11 is 13.9. The minimum Gasteiger partial charge on any atom is -0.465 e. The van der Waals surface area contributed by atoms with E-state index in [1.165, 1.54) is 16.7 Å². The average molecular weight is 451 g/mol. The van der Waals surface area contributed by atoms with E-state index in [0.717, 1.165) is 22.7 Å². The fourth-order valence-electron chi connectivity index (χ4n) is 2.19. The maximum Gasteiger partial charge on any atom is 0.326 e. The molecule has 2 heterocycles. The zero-order valence-electron chi connectivity index (χ0n) is 13.3. The van der Waals surface area contributed by atoms with E-state index < -0.39 is 16.0 Å². The van der Waals surface area contributed by atoms with E-state index in [1.54, 1.807) is 25.1 Å². The standard InChI is InChI=1S/C15H12Cl2N2O4S3/c1-2-23-13(20)8-19-10-4-3-9(16)7-11(10)24-15(19)18-26(21,22)14-6-5-12(17)25-14/h3-7H,2,8H2,1H3/b18-15-. The first-order chi connectivity index (χ1) is 12.3. The number of rotatable bonds is 5. The highest BCUT2D eigenvalue weighted by Gasteiger charge is 2.18. The fraction of sp³-hybridized carbons (Fsp3) is 0.200. The van der Waals surface area contributed by atoms with Crippen molar-refractivity contribution < 1.29 is 17.9 Å². The number of halogens is 2. The quantitative estimate of drug-likeness (QED) is 0.551. The van der Waals surface area contributed by atoms with E-state index in [9.17, 15) is 13.2 Å². The number of nitrogens with zero attached hydrogens (tertiary/aromatic N) is 2. The Kier molecular flexibility index (Phi) is 5.73. The number of thiazole rings is 1. The summed E-state index contributed by atoms with van der Waals surface area (Å²) in [5, 5.41) is 0.501. The predicted octanol–water partition coefficient (Wildman–Crippen LogP) is 3.92. The molecule has 0 spiro atoms. The highest BCUT2D eigenvalue weighted by Crippen LogP contribution is 2.27. The van der Waals surface area contributed by atoms with Crippen LogP contribution in [-0.4, -0.2) is 25.6 Å². The number of fused-ring (bicyclic) bond motifs is 1. The molecule has 138 valence electrons. The van der Waals surface area contributed by atoms with Gasteiger partial charge in [-0.05, 0) is 37.3 Å². The number of benzene rings is 1. The van der Waals surface area contributed by atoms with Gasteiger partial charge in [0.2, 0.25) is 4.80 Å². The summed E-state index contributed by atoms with van der Waals surface area (Å²) in [5.74, 6) is -0.486. The van der Waals surface area contributed by atoms with Gasteiger partial charge in [-0.1, -0.05) is 34.5 Å². The first kappa shape index (κ1) is 19.4. The molecule has 0 aliphatic carbocycles. The Bertz CT molecular complexity index is 1150. The lowest BCUT2D eigenvalue weighted by Gasteiger charge is -2.05. The van der Waals surface area contributed by atoms with Crippen LogP contribution in [0, 0.1) is 0 Å².